The molecule has 1 N–H and O–H groups in total. The number of amides is 1. The molecule has 0 radical (unpaired) electrons. The van der Waals surface area contributed by atoms with Gasteiger partial charge < -0.3 is 10.1 Å². The fourth-order valence-corrected chi connectivity index (χ4v) is 2.43. The highest BCUT2D eigenvalue weighted by atomic mass is 35.5. The van der Waals surface area contributed by atoms with Crippen molar-refractivity contribution in [1.82, 2.24) is 20.1 Å². The highest BCUT2D eigenvalue weighted by Gasteiger charge is 2.12. The van der Waals surface area contributed by atoms with Crippen LogP contribution in [0.25, 0.3) is 0 Å². The number of methoxy groups -OCH3 is 1. The molecule has 0 aliphatic heterocycles. The fourth-order valence-electron chi connectivity index (χ4n) is 2.24. The minimum Gasteiger partial charge on any atom is -0.496 e. The van der Waals surface area contributed by atoms with Crippen molar-refractivity contribution in [3.63, 3.8) is 0 Å². The van der Waals surface area contributed by atoms with Gasteiger partial charge in [0, 0.05) is 30.0 Å². The minimum absolute atomic E-state index is 0.130. The van der Waals surface area contributed by atoms with Crippen molar-refractivity contribution in [2.24, 2.45) is 0 Å². The van der Waals surface area contributed by atoms with Crippen LogP contribution in [0.4, 0.5) is 0 Å². The molecular weight excluding hydrogens is 316 g/mol. The highest BCUT2D eigenvalue weighted by molar-refractivity contribution is 6.30. The van der Waals surface area contributed by atoms with E-state index in [0.717, 1.165) is 30.1 Å². The summed E-state index contributed by atoms with van der Waals surface area (Å²) in [6, 6.07) is 5.31. The van der Waals surface area contributed by atoms with E-state index in [4.69, 9.17) is 16.3 Å². The summed E-state index contributed by atoms with van der Waals surface area (Å²) < 4.78 is 6.92. The Morgan fingerprint density at radius 1 is 1.35 bits per heavy atom. The van der Waals surface area contributed by atoms with Crippen molar-refractivity contribution in [2.45, 2.75) is 39.8 Å². The first kappa shape index (κ1) is 17.3. The molecule has 1 heterocycles. The van der Waals surface area contributed by atoms with E-state index < -0.39 is 0 Å². The standard InChI is InChI=1S/C16H21ClN4O2/c1-4-14-19-15(5-2)21(20-14)10-16(22)18-9-11-8-12(17)6-7-13(11)23-3/h6-8H,4-5,9-10H2,1-3H3,(H,18,22). The summed E-state index contributed by atoms with van der Waals surface area (Å²) in [6.07, 6.45) is 1.49. The Hall–Kier alpha value is -2.08. The molecule has 2 aromatic rings. The van der Waals surface area contributed by atoms with Crippen LogP contribution in [0.2, 0.25) is 5.02 Å². The average Bonchev–Trinajstić information content (AvgIpc) is 2.95. The van der Waals surface area contributed by atoms with Crippen molar-refractivity contribution in [3.05, 3.63) is 40.4 Å². The molecule has 2 rings (SSSR count). The van der Waals surface area contributed by atoms with Gasteiger partial charge in [0.2, 0.25) is 5.91 Å². The second-order valence-electron chi connectivity index (χ2n) is 5.04. The van der Waals surface area contributed by atoms with Crippen molar-refractivity contribution in [2.75, 3.05) is 7.11 Å². The smallest absolute Gasteiger partial charge is 0.242 e. The summed E-state index contributed by atoms with van der Waals surface area (Å²) in [6.45, 7) is 4.48. The number of nitrogens with zero attached hydrogens (tertiary/aromatic N) is 3. The topological polar surface area (TPSA) is 69.0 Å². The molecule has 0 bridgehead atoms. The molecule has 124 valence electrons. The maximum atomic E-state index is 12.2. The van der Waals surface area contributed by atoms with Crippen LogP contribution >= 0.6 is 11.6 Å². The molecule has 23 heavy (non-hydrogen) atoms. The number of halogens is 1. The molecule has 0 spiro atoms. The quantitative estimate of drug-likeness (QED) is 0.842. The van der Waals surface area contributed by atoms with Crippen LogP contribution in [0, 0.1) is 0 Å². The Morgan fingerprint density at radius 2 is 2.13 bits per heavy atom. The molecule has 0 atom stereocenters. The minimum atomic E-state index is -0.130. The number of benzene rings is 1. The number of nitrogens with one attached hydrogen (secondary N) is 1. The molecule has 0 saturated heterocycles. The largest absolute Gasteiger partial charge is 0.496 e. The van der Waals surface area contributed by atoms with E-state index in [-0.39, 0.29) is 12.5 Å². The Morgan fingerprint density at radius 3 is 2.78 bits per heavy atom. The zero-order chi connectivity index (χ0) is 16.8. The number of carbonyl (C=O) groups excluding carboxylic acids is 1. The Labute approximate surface area is 140 Å². The van der Waals surface area contributed by atoms with Crippen LogP contribution in [-0.2, 0) is 30.7 Å². The number of hydrogen-bond acceptors (Lipinski definition) is 4. The van der Waals surface area contributed by atoms with E-state index in [1.165, 1.54) is 0 Å². The summed E-state index contributed by atoms with van der Waals surface area (Å²) in [5.74, 6) is 2.13. The molecule has 0 aliphatic rings. The first-order valence-electron chi connectivity index (χ1n) is 7.59. The molecule has 1 amide bonds. The van der Waals surface area contributed by atoms with Gasteiger partial charge in [-0.1, -0.05) is 25.4 Å². The average molecular weight is 337 g/mol. The van der Waals surface area contributed by atoms with Crippen LogP contribution < -0.4 is 10.1 Å². The third kappa shape index (κ3) is 4.45. The highest BCUT2D eigenvalue weighted by Crippen LogP contribution is 2.22. The Kier molecular flexibility index (Phi) is 5.98. The lowest BCUT2D eigenvalue weighted by molar-refractivity contribution is -0.122. The second kappa shape index (κ2) is 7.97. The van der Waals surface area contributed by atoms with Crippen molar-refractivity contribution < 1.29 is 9.53 Å². The third-order valence-corrected chi connectivity index (χ3v) is 3.67. The van der Waals surface area contributed by atoms with Crippen LogP contribution in [0.3, 0.4) is 0 Å². The normalized spacial score (nSPS) is 10.6. The van der Waals surface area contributed by atoms with Gasteiger partial charge in [-0.2, -0.15) is 5.10 Å². The predicted molar refractivity (Wildman–Crippen MR) is 88.6 cm³/mol. The summed E-state index contributed by atoms with van der Waals surface area (Å²) in [7, 11) is 1.59. The Bertz CT molecular complexity index is 685. The van der Waals surface area contributed by atoms with E-state index in [2.05, 4.69) is 15.4 Å². The zero-order valence-corrected chi connectivity index (χ0v) is 14.4. The van der Waals surface area contributed by atoms with Crippen molar-refractivity contribution in [3.8, 4) is 5.75 Å². The van der Waals surface area contributed by atoms with Gasteiger partial charge in [-0.25, -0.2) is 9.67 Å². The van der Waals surface area contributed by atoms with E-state index in [9.17, 15) is 4.79 Å². The molecule has 1 aromatic carbocycles. The number of hydrogen-bond donors (Lipinski definition) is 1. The lowest BCUT2D eigenvalue weighted by Gasteiger charge is -2.10. The molecule has 0 unspecified atom stereocenters. The summed E-state index contributed by atoms with van der Waals surface area (Å²) in [5.41, 5.74) is 0.830. The van der Waals surface area contributed by atoms with Gasteiger partial charge in [0.1, 0.15) is 18.1 Å². The lowest BCUT2D eigenvalue weighted by atomic mass is 10.2. The van der Waals surface area contributed by atoms with Crippen molar-refractivity contribution >= 4 is 17.5 Å². The number of carbonyl (C=O) groups is 1. The van der Waals surface area contributed by atoms with Crippen LogP contribution in [0.5, 0.6) is 5.75 Å². The van der Waals surface area contributed by atoms with Gasteiger partial charge in [-0.3, -0.25) is 4.79 Å². The lowest BCUT2D eigenvalue weighted by Crippen LogP contribution is -2.28. The maximum Gasteiger partial charge on any atom is 0.242 e. The van der Waals surface area contributed by atoms with E-state index in [0.29, 0.717) is 17.3 Å². The zero-order valence-electron chi connectivity index (χ0n) is 13.6. The molecule has 1 aromatic heterocycles. The molecule has 0 aliphatic carbocycles. The fraction of sp³-hybridized carbons (Fsp3) is 0.438. The maximum absolute atomic E-state index is 12.2. The van der Waals surface area contributed by atoms with Gasteiger partial charge in [0.05, 0.1) is 7.11 Å². The first-order chi connectivity index (χ1) is 11.1. The van der Waals surface area contributed by atoms with Gasteiger partial charge in [-0.05, 0) is 18.2 Å². The van der Waals surface area contributed by atoms with E-state index in [1.807, 2.05) is 13.8 Å². The van der Waals surface area contributed by atoms with Gasteiger partial charge >= 0.3 is 0 Å². The van der Waals surface area contributed by atoms with Crippen LogP contribution in [0.15, 0.2) is 18.2 Å². The molecule has 0 fully saturated rings. The summed E-state index contributed by atoms with van der Waals surface area (Å²) >= 11 is 5.99. The van der Waals surface area contributed by atoms with E-state index in [1.54, 1.807) is 30.0 Å². The van der Waals surface area contributed by atoms with E-state index >= 15 is 0 Å². The molecule has 6 nitrogen and oxygen atoms in total. The van der Waals surface area contributed by atoms with Crippen LogP contribution in [0.1, 0.15) is 31.1 Å². The first-order valence-corrected chi connectivity index (χ1v) is 7.96. The number of ether oxygens (including phenoxy) is 1. The van der Waals surface area contributed by atoms with Gasteiger partial charge in [0.15, 0.2) is 5.82 Å². The molecule has 0 saturated carbocycles. The summed E-state index contributed by atoms with van der Waals surface area (Å²) in [5, 5.41) is 7.81. The number of rotatable bonds is 7. The summed E-state index contributed by atoms with van der Waals surface area (Å²) in [4.78, 5) is 16.6. The second-order valence-corrected chi connectivity index (χ2v) is 5.48. The third-order valence-electron chi connectivity index (χ3n) is 3.44. The Balaban J connectivity index is 2.00. The van der Waals surface area contributed by atoms with Crippen LogP contribution in [-0.4, -0.2) is 27.8 Å². The van der Waals surface area contributed by atoms with Gasteiger partial charge in [-0.15, -0.1) is 0 Å². The predicted octanol–water partition coefficient (Wildman–Crippen LogP) is 2.38. The number of aromatic nitrogens is 3. The van der Waals surface area contributed by atoms with Crippen molar-refractivity contribution in [1.29, 1.82) is 0 Å². The monoisotopic (exact) mass is 336 g/mol. The van der Waals surface area contributed by atoms with Gasteiger partial charge in [0.25, 0.3) is 0 Å². The molecular formula is C16H21ClN4O2. The molecule has 7 heteroatoms. The SMILES string of the molecule is CCc1nc(CC)n(CC(=O)NCc2cc(Cl)ccc2OC)n1. The number of aryl methyl sites for hydroxylation is 2.